The normalized spacial score (nSPS) is 17.0. The molecule has 1 aliphatic rings. The van der Waals surface area contributed by atoms with Gasteiger partial charge in [0.15, 0.2) is 5.76 Å². The van der Waals surface area contributed by atoms with Crippen molar-refractivity contribution in [3.05, 3.63) is 82.1 Å². The zero-order valence-corrected chi connectivity index (χ0v) is 14.4. The van der Waals surface area contributed by atoms with Crippen LogP contribution in [-0.2, 0) is 0 Å². The Kier molecular flexibility index (Phi) is 4.11. The van der Waals surface area contributed by atoms with E-state index in [-0.39, 0.29) is 17.7 Å². The van der Waals surface area contributed by atoms with Gasteiger partial charge in [-0.2, -0.15) is 5.10 Å². The fraction of sp³-hybridized carbons (Fsp3) is 0.111. The first-order chi connectivity index (χ1) is 12.1. The summed E-state index contributed by atoms with van der Waals surface area (Å²) in [5.74, 6) is 0.513. The monoisotopic (exact) mass is 374 g/mol. The molecule has 126 valence electrons. The quantitative estimate of drug-likeness (QED) is 0.635. The van der Waals surface area contributed by atoms with Crippen LogP contribution in [0, 0.1) is 0 Å². The lowest BCUT2D eigenvalue weighted by atomic mass is 10.0. The number of rotatable bonds is 3. The minimum absolute atomic E-state index is 0.212. The van der Waals surface area contributed by atoms with Crippen molar-refractivity contribution in [2.45, 2.75) is 12.5 Å². The Morgan fingerprint density at radius 3 is 2.60 bits per heavy atom. The first kappa shape index (κ1) is 16.0. The zero-order valence-electron chi connectivity index (χ0n) is 12.9. The second kappa shape index (κ2) is 6.43. The number of benzene rings is 1. The molecule has 1 amide bonds. The third-order valence-electron chi connectivity index (χ3n) is 3.96. The lowest BCUT2D eigenvalue weighted by Gasteiger charge is -2.18. The van der Waals surface area contributed by atoms with Crippen molar-refractivity contribution in [3.63, 3.8) is 0 Å². The Morgan fingerprint density at radius 1 is 1.12 bits per heavy atom. The summed E-state index contributed by atoms with van der Waals surface area (Å²) in [6, 6.07) is 11.7. The number of hydrazone groups is 1. The topological polar surface area (TPSA) is 59.0 Å². The number of carbonyl (C=O) groups excluding carboxylic acids is 1. The van der Waals surface area contributed by atoms with Crippen molar-refractivity contribution >= 4 is 34.8 Å². The molecule has 25 heavy (non-hydrogen) atoms. The van der Waals surface area contributed by atoms with Crippen LogP contribution in [0.5, 0.6) is 0 Å². The van der Waals surface area contributed by atoms with Gasteiger partial charge >= 0.3 is 5.91 Å². The van der Waals surface area contributed by atoms with Crippen LogP contribution >= 0.6 is 23.2 Å². The molecule has 0 saturated heterocycles. The molecule has 0 bridgehead atoms. The average molecular weight is 375 g/mol. The minimum atomic E-state index is -0.366. The lowest BCUT2D eigenvalue weighted by molar-refractivity contribution is 0.0660. The third kappa shape index (κ3) is 2.97. The number of halogens is 2. The Morgan fingerprint density at radius 2 is 1.92 bits per heavy atom. The molecule has 1 aromatic carbocycles. The van der Waals surface area contributed by atoms with Gasteiger partial charge in [0, 0.05) is 17.0 Å². The van der Waals surface area contributed by atoms with Crippen molar-refractivity contribution in [2.24, 2.45) is 5.10 Å². The molecule has 2 aromatic heterocycles. The summed E-state index contributed by atoms with van der Waals surface area (Å²) in [4.78, 5) is 12.8. The highest BCUT2D eigenvalue weighted by Gasteiger charge is 2.36. The van der Waals surface area contributed by atoms with E-state index in [9.17, 15) is 4.79 Å². The van der Waals surface area contributed by atoms with Crippen molar-refractivity contribution in [3.8, 4) is 0 Å². The van der Waals surface area contributed by atoms with Gasteiger partial charge in [0.25, 0.3) is 0 Å². The van der Waals surface area contributed by atoms with Gasteiger partial charge in [-0.3, -0.25) is 4.79 Å². The molecule has 3 heterocycles. The Hall–Kier alpha value is -2.50. The molecule has 7 heteroatoms. The molecule has 0 fully saturated rings. The highest BCUT2D eigenvalue weighted by molar-refractivity contribution is 6.37. The Bertz CT molecular complexity index is 933. The van der Waals surface area contributed by atoms with Gasteiger partial charge in [-0.05, 0) is 36.4 Å². The van der Waals surface area contributed by atoms with E-state index < -0.39 is 0 Å². The maximum Gasteiger partial charge on any atom is 0.310 e. The van der Waals surface area contributed by atoms with Crippen molar-refractivity contribution in [1.29, 1.82) is 0 Å². The smallest absolute Gasteiger partial charge is 0.310 e. The lowest BCUT2D eigenvalue weighted by Crippen LogP contribution is -2.26. The first-order valence-corrected chi connectivity index (χ1v) is 8.32. The van der Waals surface area contributed by atoms with E-state index >= 15 is 0 Å². The third-order valence-corrected chi connectivity index (χ3v) is 4.51. The van der Waals surface area contributed by atoms with Gasteiger partial charge in [-0.25, -0.2) is 5.01 Å². The maximum absolute atomic E-state index is 12.8. The molecule has 1 aliphatic heterocycles. The minimum Gasteiger partial charge on any atom is -0.467 e. The van der Waals surface area contributed by atoms with Crippen LogP contribution in [0.3, 0.4) is 0 Å². The largest absolute Gasteiger partial charge is 0.467 e. The van der Waals surface area contributed by atoms with Crippen molar-refractivity contribution in [2.75, 3.05) is 0 Å². The molecular formula is C18H12Cl2N2O3. The molecule has 0 saturated carbocycles. The molecule has 1 atom stereocenters. The number of hydrogen-bond acceptors (Lipinski definition) is 4. The van der Waals surface area contributed by atoms with Crippen molar-refractivity contribution in [1.82, 2.24) is 5.01 Å². The second-order valence-corrected chi connectivity index (χ2v) is 6.38. The molecule has 0 spiro atoms. The Balaban J connectivity index is 1.74. The van der Waals surface area contributed by atoms with E-state index in [0.717, 1.165) is 5.56 Å². The first-order valence-electron chi connectivity index (χ1n) is 7.57. The van der Waals surface area contributed by atoms with Gasteiger partial charge in [0.2, 0.25) is 0 Å². The van der Waals surface area contributed by atoms with Crippen LogP contribution in [0.15, 0.2) is 68.9 Å². The number of carbonyl (C=O) groups is 1. The van der Waals surface area contributed by atoms with E-state index in [4.69, 9.17) is 32.0 Å². The summed E-state index contributed by atoms with van der Waals surface area (Å²) in [5, 5.41) is 6.89. The standard InChI is InChI=1S/C18H12Cl2N2O3/c19-11-5-6-12(13(20)9-11)14-10-15(16-3-1-7-24-16)22(21-14)18(23)17-4-2-8-25-17/h1-9,15H,10H2. The predicted octanol–water partition coefficient (Wildman–Crippen LogP) is 5.17. The van der Waals surface area contributed by atoms with Crippen LogP contribution in [0.25, 0.3) is 0 Å². The van der Waals surface area contributed by atoms with Crippen LogP contribution in [-0.4, -0.2) is 16.6 Å². The van der Waals surface area contributed by atoms with Crippen molar-refractivity contribution < 1.29 is 13.6 Å². The zero-order chi connectivity index (χ0) is 17.4. The van der Waals surface area contributed by atoms with Gasteiger partial charge in [-0.15, -0.1) is 0 Å². The van der Waals surface area contributed by atoms with E-state index in [1.54, 1.807) is 42.7 Å². The molecule has 3 aromatic rings. The Labute approximate surface area is 153 Å². The van der Waals surface area contributed by atoms with E-state index in [1.807, 2.05) is 6.07 Å². The molecule has 4 rings (SSSR count). The summed E-state index contributed by atoms with van der Waals surface area (Å²) in [5.41, 5.74) is 1.42. The fourth-order valence-electron chi connectivity index (χ4n) is 2.80. The average Bonchev–Trinajstić information content (AvgIpc) is 3.34. The molecule has 0 aliphatic carbocycles. The highest BCUT2D eigenvalue weighted by Crippen LogP contribution is 2.36. The molecule has 0 radical (unpaired) electrons. The van der Waals surface area contributed by atoms with E-state index in [2.05, 4.69) is 5.10 Å². The summed E-state index contributed by atoms with van der Waals surface area (Å²) in [6.45, 7) is 0. The maximum atomic E-state index is 12.8. The van der Waals surface area contributed by atoms with Gasteiger partial charge in [0.05, 0.1) is 23.3 Å². The van der Waals surface area contributed by atoms with Crippen LogP contribution in [0.1, 0.15) is 34.3 Å². The number of hydrogen-bond donors (Lipinski definition) is 0. The molecule has 5 nitrogen and oxygen atoms in total. The van der Waals surface area contributed by atoms with Crippen LogP contribution < -0.4 is 0 Å². The summed E-state index contributed by atoms with van der Waals surface area (Å²) in [6.07, 6.45) is 3.49. The van der Waals surface area contributed by atoms with E-state index in [0.29, 0.717) is 27.9 Å². The molecule has 0 N–H and O–H groups in total. The van der Waals surface area contributed by atoms with Gasteiger partial charge < -0.3 is 8.83 Å². The summed E-state index contributed by atoms with van der Waals surface area (Å²) in [7, 11) is 0. The summed E-state index contributed by atoms with van der Waals surface area (Å²) < 4.78 is 10.7. The SMILES string of the molecule is O=C(c1ccco1)N1N=C(c2ccc(Cl)cc2Cl)CC1c1ccco1. The highest BCUT2D eigenvalue weighted by atomic mass is 35.5. The second-order valence-electron chi connectivity index (χ2n) is 5.53. The molecular weight excluding hydrogens is 363 g/mol. The number of amides is 1. The van der Waals surface area contributed by atoms with Gasteiger partial charge in [0.1, 0.15) is 11.8 Å². The van der Waals surface area contributed by atoms with E-state index in [1.165, 1.54) is 11.3 Å². The van der Waals surface area contributed by atoms with Crippen LogP contribution in [0.4, 0.5) is 0 Å². The van der Waals surface area contributed by atoms with Crippen LogP contribution in [0.2, 0.25) is 10.0 Å². The number of nitrogens with zero attached hydrogens (tertiary/aromatic N) is 2. The fourth-order valence-corrected chi connectivity index (χ4v) is 3.32. The number of furan rings is 2. The molecule has 1 unspecified atom stereocenters. The summed E-state index contributed by atoms with van der Waals surface area (Å²) >= 11 is 12.3. The van der Waals surface area contributed by atoms with Gasteiger partial charge in [-0.1, -0.05) is 29.3 Å². The predicted molar refractivity (Wildman–Crippen MR) is 93.9 cm³/mol.